The van der Waals surface area contributed by atoms with E-state index in [4.69, 9.17) is 4.74 Å². The first kappa shape index (κ1) is 25.6. The van der Waals surface area contributed by atoms with Crippen LogP contribution in [0.25, 0.3) is 0 Å². The molecule has 0 amide bonds. The number of hydrogen-bond acceptors (Lipinski definition) is 6. The molecule has 6 nitrogen and oxygen atoms in total. The van der Waals surface area contributed by atoms with Crippen LogP contribution in [-0.4, -0.2) is 41.2 Å². The Bertz CT molecular complexity index is 513. The number of ether oxygens (including phenoxy) is 2. The zero-order valence-electron chi connectivity index (χ0n) is 18.4. The third-order valence-electron chi connectivity index (χ3n) is 5.81. The van der Waals surface area contributed by atoms with E-state index in [0.717, 1.165) is 45.6 Å². The number of esters is 2. The topological polar surface area (TPSA) is 93.1 Å². The Morgan fingerprint density at radius 3 is 2.45 bits per heavy atom. The van der Waals surface area contributed by atoms with Crippen molar-refractivity contribution < 1.29 is 29.3 Å². The van der Waals surface area contributed by atoms with Gasteiger partial charge in [0.05, 0.1) is 7.11 Å². The maximum Gasteiger partial charge on any atom is 0.366 e. The van der Waals surface area contributed by atoms with Gasteiger partial charge < -0.3 is 19.7 Å². The van der Waals surface area contributed by atoms with E-state index in [2.05, 4.69) is 23.8 Å². The van der Waals surface area contributed by atoms with Crippen LogP contribution in [0.1, 0.15) is 90.9 Å². The lowest BCUT2D eigenvalue weighted by molar-refractivity contribution is -0.209. The van der Waals surface area contributed by atoms with E-state index in [0.29, 0.717) is 18.3 Å². The number of rotatable bonds is 14. The van der Waals surface area contributed by atoms with Crippen molar-refractivity contribution >= 4 is 11.9 Å². The summed E-state index contributed by atoms with van der Waals surface area (Å²) in [5, 5.41) is 19.3. The number of carbonyl (C=O) groups excluding carboxylic acids is 2. The minimum Gasteiger partial charge on any atom is -0.465 e. The van der Waals surface area contributed by atoms with Crippen molar-refractivity contribution in [1.29, 1.82) is 0 Å². The summed E-state index contributed by atoms with van der Waals surface area (Å²) in [6.45, 7) is 3.67. The van der Waals surface area contributed by atoms with E-state index >= 15 is 0 Å². The van der Waals surface area contributed by atoms with Crippen molar-refractivity contribution in [3.8, 4) is 0 Å². The van der Waals surface area contributed by atoms with Crippen molar-refractivity contribution in [2.45, 2.75) is 103 Å². The molecule has 0 spiro atoms. The second kappa shape index (κ2) is 13.8. The number of hydrogen-bond donors (Lipinski definition) is 2. The molecule has 0 saturated heterocycles. The van der Waals surface area contributed by atoms with Crippen LogP contribution >= 0.6 is 0 Å². The maximum atomic E-state index is 11.5. The van der Waals surface area contributed by atoms with Gasteiger partial charge in [-0.25, -0.2) is 4.79 Å². The molecule has 168 valence electrons. The molecule has 1 fully saturated rings. The van der Waals surface area contributed by atoms with Gasteiger partial charge in [0.1, 0.15) is 6.10 Å². The molecule has 6 heteroatoms. The first-order chi connectivity index (χ1) is 13.8. The fraction of sp³-hybridized carbons (Fsp3) is 0.826. The van der Waals surface area contributed by atoms with Crippen LogP contribution in [0.4, 0.5) is 0 Å². The molecule has 1 rings (SSSR count). The van der Waals surface area contributed by atoms with E-state index in [1.807, 2.05) is 0 Å². The standard InChI is InChI=1S/C23H40O6/c1-4-5-6-7-8-10-13-19-15-16-21(29-18(2)24)20(19)14-11-9-12-17-23(26,27)22(25)28-3/h10,13,19-21,26-27H,4-9,11-12,14-17H2,1-3H3/t19-,20+,21-/m0/s1. The Labute approximate surface area is 175 Å². The molecule has 1 aliphatic carbocycles. The molecule has 1 aliphatic rings. The van der Waals surface area contributed by atoms with Crippen molar-refractivity contribution in [3.63, 3.8) is 0 Å². The molecule has 0 aliphatic heterocycles. The lowest BCUT2D eigenvalue weighted by Crippen LogP contribution is -2.39. The van der Waals surface area contributed by atoms with E-state index in [1.54, 1.807) is 0 Å². The molecule has 0 heterocycles. The summed E-state index contributed by atoms with van der Waals surface area (Å²) in [5.74, 6) is -2.93. The largest absolute Gasteiger partial charge is 0.465 e. The van der Waals surface area contributed by atoms with Gasteiger partial charge in [0.2, 0.25) is 0 Å². The summed E-state index contributed by atoms with van der Waals surface area (Å²) in [6.07, 6.45) is 15.7. The van der Waals surface area contributed by atoms with Crippen molar-refractivity contribution in [3.05, 3.63) is 12.2 Å². The van der Waals surface area contributed by atoms with Gasteiger partial charge in [0.25, 0.3) is 5.79 Å². The Kier molecular flexibility index (Phi) is 12.2. The van der Waals surface area contributed by atoms with Crippen molar-refractivity contribution in [2.24, 2.45) is 11.8 Å². The van der Waals surface area contributed by atoms with Gasteiger partial charge in [-0.05, 0) is 44.4 Å². The lowest BCUT2D eigenvalue weighted by Gasteiger charge is -2.23. The molecule has 0 bridgehead atoms. The highest BCUT2D eigenvalue weighted by atomic mass is 16.6. The molecule has 0 aromatic heterocycles. The summed E-state index contributed by atoms with van der Waals surface area (Å²) in [4.78, 5) is 22.8. The molecule has 2 N–H and O–H groups in total. The van der Waals surface area contributed by atoms with Gasteiger partial charge in [-0.1, -0.05) is 51.2 Å². The van der Waals surface area contributed by atoms with Gasteiger partial charge >= 0.3 is 11.9 Å². The molecular weight excluding hydrogens is 372 g/mol. The predicted molar refractivity (Wildman–Crippen MR) is 112 cm³/mol. The van der Waals surface area contributed by atoms with Crippen LogP contribution in [0.15, 0.2) is 12.2 Å². The average Bonchev–Trinajstić information content (AvgIpc) is 3.04. The number of allylic oxidation sites excluding steroid dienone is 2. The van der Waals surface area contributed by atoms with Crippen LogP contribution in [0.5, 0.6) is 0 Å². The molecule has 0 aromatic rings. The van der Waals surface area contributed by atoms with Gasteiger partial charge in [-0.3, -0.25) is 4.79 Å². The van der Waals surface area contributed by atoms with Gasteiger partial charge in [-0.15, -0.1) is 0 Å². The SMILES string of the molecule is CCCCCCC=C[C@H]1CC[C@H](OC(C)=O)[C@@H]1CCCCCC(O)(O)C(=O)OC. The highest BCUT2D eigenvalue weighted by Crippen LogP contribution is 2.39. The number of methoxy groups -OCH3 is 1. The van der Waals surface area contributed by atoms with E-state index in [9.17, 15) is 19.8 Å². The smallest absolute Gasteiger partial charge is 0.366 e. The summed E-state index contributed by atoms with van der Waals surface area (Å²) in [5.41, 5.74) is 0. The number of unbranched alkanes of at least 4 members (excludes halogenated alkanes) is 6. The molecular formula is C23H40O6. The van der Waals surface area contributed by atoms with Crippen LogP contribution < -0.4 is 0 Å². The average molecular weight is 413 g/mol. The van der Waals surface area contributed by atoms with E-state index < -0.39 is 11.8 Å². The van der Waals surface area contributed by atoms with Crippen LogP contribution in [0.2, 0.25) is 0 Å². The van der Waals surface area contributed by atoms with E-state index in [1.165, 1.54) is 32.6 Å². The van der Waals surface area contributed by atoms with Crippen molar-refractivity contribution in [1.82, 2.24) is 0 Å². The van der Waals surface area contributed by atoms with Gasteiger partial charge in [0, 0.05) is 19.3 Å². The van der Waals surface area contributed by atoms with Crippen LogP contribution in [-0.2, 0) is 19.1 Å². The molecule has 1 saturated carbocycles. The Morgan fingerprint density at radius 1 is 1.07 bits per heavy atom. The zero-order valence-corrected chi connectivity index (χ0v) is 18.4. The van der Waals surface area contributed by atoms with Gasteiger partial charge in [-0.2, -0.15) is 0 Å². The Balaban J connectivity index is 2.46. The minimum atomic E-state index is -2.41. The molecule has 0 aromatic carbocycles. The first-order valence-electron chi connectivity index (χ1n) is 11.2. The quantitative estimate of drug-likeness (QED) is 0.191. The fourth-order valence-electron chi connectivity index (χ4n) is 4.21. The Morgan fingerprint density at radius 2 is 1.79 bits per heavy atom. The first-order valence-corrected chi connectivity index (χ1v) is 11.2. The fourth-order valence-corrected chi connectivity index (χ4v) is 4.21. The van der Waals surface area contributed by atoms with Crippen molar-refractivity contribution in [2.75, 3.05) is 7.11 Å². The normalized spacial score (nSPS) is 22.2. The zero-order chi connectivity index (χ0) is 21.7. The van der Waals surface area contributed by atoms with E-state index in [-0.39, 0.29) is 18.5 Å². The van der Waals surface area contributed by atoms with Crippen LogP contribution in [0.3, 0.4) is 0 Å². The second-order valence-electron chi connectivity index (χ2n) is 8.24. The molecule has 29 heavy (non-hydrogen) atoms. The minimum absolute atomic E-state index is 0.0351. The summed E-state index contributed by atoms with van der Waals surface area (Å²) in [6, 6.07) is 0. The van der Waals surface area contributed by atoms with Crippen LogP contribution in [0, 0.1) is 11.8 Å². The number of aliphatic hydroxyl groups is 2. The second-order valence-corrected chi connectivity index (χ2v) is 8.24. The maximum absolute atomic E-state index is 11.5. The third kappa shape index (κ3) is 9.77. The Hall–Kier alpha value is -1.40. The summed E-state index contributed by atoms with van der Waals surface area (Å²) < 4.78 is 9.95. The van der Waals surface area contributed by atoms with Gasteiger partial charge in [0.15, 0.2) is 0 Å². The highest BCUT2D eigenvalue weighted by Gasteiger charge is 2.36. The number of carbonyl (C=O) groups is 2. The predicted octanol–water partition coefficient (Wildman–Crippen LogP) is 4.28. The monoisotopic (exact) mass is 412 g/mol. The lowest BCUT2D eigenvalue weighted by atomic mass is 9.88. The molecule has 3 atom stereocenters. The summed E-state index contributed by atoms with van der Waals surface area (Å²) in [7, 11) is 1.14. The molecule has 0 radical (unpaired) electrons. The molecule has 0 unspecified atom stereocenters. The summed E-state index contributed by atoms with van der Waals surface area (Å²) >= 11 is 0. The third-order valence-corrected chi connectivity index (χ3v) is 5.81. The highest BCUT2D eigenvalue weighted by molar-refractivity contribution is 5.76.